The number of benzene rings is 1. The molecule has 0 radical (unpaired) electrons. The van der Waals surface area contributed by atoms with Crippen LogP contribution in [0.25, 0.3) is 0 Å². The van der Waals surface area contributed by atoms with Crippen LogP contribution in [0.15, 0.2) is 24.3 Å². The van der Waals surface area contributed by atoms with Crippen molar-refractivity contribution in [2.45, 2.75) is 13.0 Å². The second kappa shape index (κ2) is 9.17. The highest BCUT2D eigenvalue weighted by atomic mass is 16.5. The zero-order valence-corrected chi connectivity index (χ0v) is 14.4. The Morgan fingerprint density at radius 2 is 1.58 bits per heavy atom. The average molecular weight is 362 g/mol. The van der Waals surface area contributed by atoms with Gasteiger partial charge in [-0.2, -0.15) is 5.26 Å². The third kappa shape index (κ3) is 4.80. The molecule has 0 saturated carbocycles. The van der Waals surface area contributed by atoms with Crippen molar-refractivity contribution in [2.75, 3.05) is 14.2 Å². The molecule has 2 atom stereocenters. The number of carbonyl (C=O) groups is 4. The summed E-state index contributed by atoms with van der Waals surface area (Å²) in [5.74, 6) is -6.77. The molecule has 0 heterocycles. The molecule has 138 valence electrons. The summed E-state index contributed by atoms with van der Waals surface area (Å²) in [6.07, 6.45) is 0. The third-order valence-corrected chi connectivity index (χ3v) is 3.79. The first kappa shape index (κ1) is 20.6. The van der Waals surface area contributed by atoms with E-state index >= 15 is 0 Å². The predicted octanol–water partition coefficient (Wildman–Crippen LogP) is 0.340. The summed E-state index contributed by atoms with van der Waals surface area (Å²) in [6.45, 7) is 1.32. The number of esters is 2. The molecule has 0 aromatic heterocycles. The second-order valence-electron chi connectivity index (χ2n) is 5.36. The van der Waals surface area contributed by atoms with Crippen LogP contribution < -0.4 is 5.32 Å². The van der Waals surface area contributed by atoms with Gasteiger partial charge in [-0.3, -0.25) is 14.4 Å². The van der Waals surface area contributed by atoms with Gasteiger partial charge in [0.2, 0.25) is 0 Å². The van der Waals surface area contributed by atoms with Gasteiger partial charge < -0.3 is 19.9 Å². The lowest BCUT2D eigenvalue weighted by atomic mass is 9.87. The minimum atomic E-state index is -1.55. The summed E-state index contributed by atoms with van der Waals surface area (Å²) in [5.41, 5.74) is 0.455. The Balaban J connectivity index is 3.07. The molecule has 1 amide bonds. The molecule has 0 aliphatic carbocycles. The Morgan fingerprint density at radius 3 is 1.96 bits per heavy atom. The minimum Gasteiger partial charge on any atom is -0.480 e. The number of nitrogens with zero attached hydrogens (tertiary/aromatic N) is 1. The second-order valence-corrected chi connectivity index (χ2v) is 5.36. The first-order valence-corrected chi connectivity index (χ1v) is 7.46. The lowest BCUT2D eigenvalue weighted by Crippen LogP contribution is -2.50. The van der Waals surface area contributed by atoms with E-state index < -0.39 is 41.7 Å². The molecule has 0 aliphatic rings. The van der Waals surface area contributed by atoms with Gasteiger partial charge >= 0.3 is 17.9 Å². The van der Waals surface area contributed by atoms with Crippen LogP contribution in [0.4, 0.5) is 0 Å². The van der Waals surface area contributed by atoms with E-state index in [1.165, 1.54) is 31.2 Å². The van der Waals surface area contributed by atoms with Crippen LogP contribution in [0, 0.1) is 23.2 Å². The van der Waals surface area contributed by atoms with Crippen molar-refractivity contribution in [3.8, 4) is 6.07 Å². The maximum absolute atomic E-state index is 12.3. The molecule has 0 unspecified atom stereocenters. The summed E-state index contributed by atoms with van der Waals surface area (Å²) < 4.78 is 9.05. The summed E-state index contributed by atoms with van der Waals surface area (Å²) >= 11 is 0. The van der Waals surface area contributed by atoms with E-state index in [0.717, 1.165) is 14.2 Å². The monoisotopic (exact) mass is 362 g/mol. The molecule has 1 rings (SSSR count). The highest BCUT2D eigenvalue weighted by Crippen LogP contribution is 2.20. The molecule has 9 heteroatoms. The molecule has 1 aromatic carbocycles. The molecule has 26 heavy (non-hydrogen) atoms. The Labute approximate surface area is 149 Å². The van der Waals surface area contributed by atoms with Crippen LogP contribution in [0.1, 0.15) is 22.8 Å². The van der Waals surface area contributed by atoms with Gasteiger partial charge in [0.1, 0.15) is 6.04 Å². The van der Waals surface area contributed by atoms with Crippen molar-refractivity contribution < 1.29 is 33.8 Å². The van der Waals surface area contributed by atoms with Gasteiger partial charge in [-0.1, -0.05) is 6.92 Å². The fourth-order valence-corrected chi connectivity index (χ4v) is 2.31. The van der Waals surface area contributed by atoms with E-state index in [9.17, 15) is 24.3 Å². The van der Waals surface area contributed by atoms with Gasteiger partial charge in [-0.15, -0.1) is 0 Å². The number of ether oxygens (including phenoxy) is 2. The molecule has 0 fully saturated rings. The van der Waals surface area contributed by atoms with Gasteiger partial charge in [0.25, 0.3) is 5.91 Å². The normalized spacial score (nSPS) is 12.4. The summed E-state index contributed by atoms with van der Waals surface area (Å²) in [4.78, 5) is 47.5. The molecule has 0 saturated heterocycles. The number of carbonyl (C=O) groups excluding carboxylic acids is 3. The average Bonchev–Trinajstić information content (AvgIpc) is 2.65. The number of hydrogen-bond donors (Lipinski definition) is 2. The van der Waals surface area contributed by atoms with E-state index in [1.54, 1.807) is 0 Å². The number of methoxy groups -OCH3 is 2. The third-order valence-electron chi connectivity index (χ3n) is 3.79. The summed E-state index contributed by atoms with van der Waals surface area (Å²) in [6, 6.07) is 5.86. The fraction of sp³-hybridized carbons (Fsp3) is 0.353. The number of nitriles is 1. The molecule has 0 bridgehead atoms. The molecule has 9 nitrogen and oxygen atoms in total. The van der Waals surface area contributed by atoms with Crippen LogP contribution in [0.5, 0.6) is 0 Å². The summed E-state index contributed by atoms with van der Waals surface area (Å²) in [5, 5.41) is 20.4. The zero-order chi connectivity index (χ0) is 19.9. The van der Waals surface area contributed by atoms with Crippen molar-refractivity contribution in [3.05, 3.63) is 35.4 Å². The number of aliphatic carboxylic acids is 1. The van der Waals surface area contributed by atoms with Crippen LogP contribution in [0.2, 0.25) is 0 Å². The maximum Gasteiger partial charge on any atom is 0.326 e. The van der Waals surface area contributed by atoms with E-state index in [2.05, 4.69) is 14.8 Å². The van der Waals surface area contributed by atoms with E-state index in [-0.39, 0.29) is 5.56 Å². The first-order chi connectivity index (χ1) is 12.3. The SMILES string of the molecule is COC(=O)C(C(=O)OC)[C@H](C)[C@@H](NC(=O)c1ccc(C#N)cc1)C(=O)O. The maximum atomic E-state index is 12.3. The highest BCUT2D eigenvalue weighted by Gasteiger charge is 2.42. The lowest BCUT2D eigenvalue weighted by Gasteiger charge is -2.26. The minimum absolute atomic E-state index is 0.120. The van der Waals surface area contributed by atoms with Crippen LogP contribution in [-0.2, 0) is 23.9 Å². The van der Waals surface area contributed by atoms with Crippen molar-refractivity contribution in [3.63, 3.8) is 0 Å². The van der Waals surface area contributed by atoms with Gasteiger partial charge in [0.05, 0.1) is 25.9 Å². The Morgan fingerprint density at radius 1 is 1.08 bits per heavy atom. The van der Waals surface area contributed by atoms with Crippen LogP contribution in [-0.4, -0.2) is 49.2 Å². The molecule has 2 N–H and O–H groups in total. The Kier molecular flexibility index (Phi) is 7.28. The quantitative estimate of drug-likeness (QED) is 0.522. The van der Waals surface area contributed by atoms with Crippen LogP contribution >= 0.6 is 0 Å². The van der Waals surface area contributed by atoms with Gasteiger partial charge in [-0.05, 0) is 24.3 Å². The predicted molar refractivity (Wildman–Crippen MR) is 86.7 cm³/mol. The van der Waals surface area contributed by atoms with E-state index in [1.807, 2.05) is 6.07 Å². The molecular weight excluding hydrogens is 344 g/mol. The number of carboxylic acid groups (broad SMARTS) is 1. The standard InChI is InChI=1S/C17H18N2O7/c1-9(12(16(23)25-2)17(24)26-3)13(15(21)22)19-14(20)11-6-4-10(8-18)5-7-11/h4-7,9,12-13H,1-3H3,(H,19,20)(H,21,22)/t9-,13+/m0/s1. The van der Waals surface area contributed by atoms with E-state index in [4.69, 9.17) is 5.26 Å². The largest absolute Gasteiger partial charge is 0.480 e. The Bertz CT molecular complexity index is 720. The lowest BCUT2D eigenvalue weighted by molar-refractivity contribution is -0.162. The van der Waals surface area contributed by atoms with Crippen molar-refractivity contribution in [1.82, 2.24) is 5.32 Å². The zero-order valence-electron chi connectivity index (χ0n) is 14.4. The first-order valence-electron chi connectivity index (χ1n) is 7.46. The number of carboxylic acids is 1. The smallest absolute Gasteiger partial charge is 0.326 e. The molecule has 1 aromatic rings. The van der Waals surface area contributed by atoms with Gasteiger partial charge in [-0.25, -0.2) is 4.79 Å². The molecule has 0 aliphatic heterocycles. The van der Waals surface area contributed by atoms with Gasteiger partial charge in [0.15, 0.2) is 5.92 Å². The van der Waals surface area contributed by atoms with Crippen molar-refractivity contribution in [1.29, 1.82) is 5.26 Å². The number of hydrogen-bond acceptors (Lipinski definition) is 7. The summed E-state index contributed by atoms with van der Waals surface area (Å²) in [7, 11) is 2.10. The molecular formula is C17H18N2O7. The number of amides is 1. The van der Waals surface area contributed by atoms with Crippen molar-refractivity contribution >= 4 is 23.8 Å². The van der Waals surface area contributed by atoms with Crippen molar-refractivity contribution in [2.24, 2.45) is 11.8 Å². The highest BCUT2D eigenvalue weighted by molar-refractivity contribution is 5.98. The fourth-order valence-electron chi connectivity index (χ4n) is 2.31. The van der Waals surface area contributed by atoms with Crippen LogP contribution in [0.3, 0.4) is 0 Å². The number of nitrogens with one attached hydrogen (secondary N) is 1. The Hall–Kier alpha value is -3.41. The van der Waals surface area contributed by atoms with E-state index in [0.29, 0.717) is 5.56 Å². The molecule has 0 spiro atoms. The topological polar surface area (TPSA) is 143 Å². The van der Waals surface area contributed by atoms with Gasteiger partial charge in [0, 0.05) is 11.5 Å². The number of rotatable bonds is 7.